The van der Waals surface area contributed by atoms with Crippen LogP contribution in [0.4, 0.5) is 62.6 Å². The first-order valence-electron chi connectivity index (χ1n) is 21.1. The Morgan fingerprint density at radius 1 is 0.395 bits per heavy atom. The fraction of sp³-hybridized carbons (Fsp3) is 0. The Balaban J connectivity index is 1.09. The summed E-state index contributed by atoms with van der Waals surface area (Å²) in [6, 6.07) is 28.0. The summed E-state index contributed by atoms with van der Waals surface area (Å²) in [4.78, 5) is 8.20. The smallest absolute Gasteiger partial charge is 0.295 e. The number of phenols is 1. The molecule has 0 atom stereocenters. The third-order valence-electron chi connectivity index (χ3n) is 11.4. The number of nitro benzene ring substituents is 1. The van der Waals surface area contributed by atoms with Crippen LogP contribution in [-0.4, -0.2) is 61.9 Å². The lowest BCUT2D eigenvalue weighted by Gasteiger charge is -2.10. The number of hydrogen-bond acceptors (Lipinski definition) is 21. The number of nitrogens with two attached hydrogens (primary N) is 2. The molecule has 0 aliphatic rings. The number of phenolic OH excluding ortho intramolecular Hbond substituents is 1. The number of nitrogen functional groups attached to an aromatic ring is 2. The van der Waals surface area contributed by atoms with Crippen molar-refractivity contribution in [2.24, 2.45) is 40.9 Å². The highest BCUT2D eigenvalue weighted by Crippen LogP contribution is 2.46. The Morgan fingerprint density at radius 3 is 1.45 bits per heavy atom. The average Bonchev–Trinajstić information content (AvgIpc) is 3.37. The molecule has 76 heavy (non-hydrogen) atoms. The first-order valence-corrected chi connectivity index (χ1v) is 26.9. The van der Waals surface area contributed by atoms with Crippen LogP contribution in [0.15, 0.2) is 194 Å². The van der Waals surface area contributed by atoms with Crippen LogP contribution < -0.4 is 11.5 Å². The molecular weight excluding hydrogens is 1070 g/mol. The van der Waals surface area contributed by atoms with Gasteiger partial charge < -0.3 is 16.6 Å². The minimum Gasteiger partial charge on any atom is -0.505 e. The third-order valence-corrected chi connectivity index (χ3v) is 14.9. The topological polar surface area (TPSA) is 432 Å². The van der Waals surface area contributed by atoms with Gasteiger partial charge in [0.15, 0.2) is 5.75 Å². The van der Waals surface area contributed by atoms with Gasteiger partial charge in [-0.25, -0.2) is 0 Å². The van der Waals surface area contributed by atoms with Crippen LogP contribution in [0.1, 0.15) is 0 Å². The summed E-state index contributed by atoms with van der Waals surface area (Å²) >= 11 is 0. The van der Waals surface area contributed by atoms with Gasteiger partial charge in [-0.05, 0) is 78.9 Å². The van der Waals surface area contributed by atoms with E-state index >= 15 is 0 Å². The van der Waals surface area contributed by atoms with E-state index in [0.29, 0.717) is 10.8 Å². The molecule has 0 fully saturated rings. The van der Waals surface area contributed by atoms with E-state index in [1.165, 1.54) is 54.6 Å². The predicted molar refractivity (Wildman–Crippen MR) is 275 cm³/mol. The van der Waals surface area contributed by atoms with E-state index in [4.69, 9.17) is 11.5 Å². The molecule has 0 aliphatic carbocycles. The van der Waals surface area contributed by atoms with Gasteiger partial charge in [0.1, 0.15) is 31.7 Å². The van der Waals surface area contributed by atoms with Crippen molar-refractivity contribution in [3.63, 3.8) is 0 Å². The van der Waals surface area contributed by atoms with Gasteiger partial charge >= 0.3 is 0 Å². The van der Waals surface area contributed by atoms with E-state index < -0.39 is 76.4 Å². The number of fused-ring (bicyclic) bond motifs is 4. The Hall–Kier alpha value is -9.14. The number of aromatic hydroxyl groups is 1. The molecule has 384 valence electrons. The van der Waals surface area contributed by atoms with Gasteiger partial charge in [0, 0.05) is 43.8 Å². The van der Waals surface area contributed by atoms with E-state index in [0.717, 1.165) is 54.6 Å². The number of hydrogen-bond donors (Lipinski definition) is 7. The number of azo groups is 4. The minimum absolute atomic E-state index is 0.0455. The van der Waals surface area contributed by atoms with Gasteiger partial charge in [-0.3, -0.25) is 28.3 Å². The Labute approximate surface area is 427 Å². The molecule has 0 aromatic heterocycles. The van der Waals surface area contributed by atoms with Gasteiger partial charge in [-0.2, -0.15) is 38.8 Å². The van der Waals surface area contributed by atoms with Crippen LogP contribution in [0, 0.1) is 10.1 Å². The molecule has 0 spiro atoms. The number of nitro groups is 1. The van der Waals surface area contributed by atoms with Crippen LogP contribution in [0.2, 0.25) is 0 Å². The first-order chi connectivity index (χ1) is 35.8. The SMILES string of the molecule is Nc1cc(N)c([N+](=O)[O-])cc1N=Nc1ccc(S(=O)(=O)O)c2ccc(N=Nc3ccc(N=Nc4ccc(N=Nc5cc(S(=O)(=O)O)c6cccc(S(=O)(=O)O)c6c5)c5ccccc45)c4ccc(S(=O)(=O)O)cc34)c(O)c12. The number of rotatable bonds is 13. The number of nitrogens with zero attached hydrogens (tertiary/aromatic N) is 9. The number of benzene rings is 9. The first kappa shape index (κ1) is 51.7. The second-order valence-electron chi connectivity index (χ2n) is 16.1. The molecule has 0 heterocycles. The molecule has 26 nitrogen and oxygen atoms in total. The molecule has 0 saturated carbocycles. The van der Waals surface area contributed by atoms with Gasteiger partial charge in [0.05, 0.1) is 55.0 Å². The maximum absolute atomic E-state index is 12.4. The van der Waals surface area contributed by atoms with Crippen LogP contribution in [-0.2, 0) is 40.5 Å². The van der Waals surface area contributed by atoms with Crippen LogP contribution in [0.25, 0.3) is 43.1 Å². The highest BCUT2D eigenvalue weighted by atomic mass is 32.2. The lowest BCUT2D eigenvalue weighted by molar-refractivity contribution is -0.383. The van der Waals surface area contributed by atoms with E-state index in [9.17, 15) is 67.1 Å². The molecule has 0 amide bonds. The molecule has 0 saturated heterocycles. The Bertz CT molecular complexity index is 4620. The van der Waals surface area contributed by atoms with Gasteiger partial charge in [-0.15, -0.1) is 35.8 Å². The zero-order chi connectivity index (χ0) is 54.6. The van der Waals surface area contributed by atoms with Crippen LogP contribution in [0.3, 0.4) is 0 Å². The summed E-state index contributed by atoms with van der Waals surface area (Å²) in [5, 5.41) is 56.9. The largest absolute Gasteiger partial charge is 0.505 e. The maximum atomic E-state index is 12.4. The summed E-state index contributed by atoms with van der Waals surface area (Å²) < 4.78 is 138. The summed E-state index contributed by atoms with van der Waals surface area (Å²) in [5.41, 5.74) is 10.4. The van der Waals surface area contributed by atoms with Gasteiger partial charge in [0.25, 0.3) is 46.2 Å². The maximum Gasteiger partial charge on any atom is 0.295 e. The van der Waals surface area contributed by atoms with Crippen molar-refractivity contribution in [1.82, 2.24) is 0 Å². The van der Waals surface area contributed by atoms with E-state index in [-0.39, 0.29) is 89.2 Å². The highest BCUT2D eigenvalue weighted by Gasteiger charge is 2.24. The molecule has 0 bridgehead atoms. The molecule has 9 N–H and O–H groups in total. The number of anilines is 2. The molecular formula is C46H31N11O15S4. The quantitative estimate of drug-likeness (QED) is 0.0185. The zero-order valence-corrected chi connectivity index (χ0v) is 41.1. The fourth-order valence-corrected chi connectivity index (χ4v) is 10.5. The fourth-order valence-electron chi connectivity index (χ4n) is 7.93. The van der Waals surface area contributed by atoms with Crippen molar-refractivity contribution in [1.29, 1.82) is 0 Å². The summed E-state index contributed by atoms with van der Waals surface area (Å²) in [7, 11) is -19.5. The monoisotopic (exact) mass is 1110 g/mol. The van der Waals surface area contributed by atoms with Crippen LogP contribution in [0.5, 0.6) is 5.75 Å². The van der Waals surface area contributed by atoms with Crippen molar-refractivity contribution in [3.05, 3.63) is 144 Å². The molecule has 30 heteroatoms. The predicted octanol–water partition coefficient (Wildman–Crippen LogP) is 11.7. The lowest BCUT2D eigenvalue weighted by Crippen LogP contribution is -2.03. The summed E-state index contributed by atoms with van der Waals surface area (Å²) in [5.74, 6) is -0.737. The van der Waals surface area contributed by atoms with Gasteiger partial charge in [-0.1, -0.05) is 48.5 Å². The Morgan fingerprint density at radius 2 is 0.868 bits per heavy atom. The molecule has 0 unspecified atom stereocenters. The second-order valence-corrected chi connectivity index (χ2v) is 21.7. The standard InChI is InChI=1S/C46H31N11O15S4/c47-32-21-33(48)41(57(59)60)22-40(32)56-54-38-16-17-43(75(67,68)69)29-10-11-39(46(58)45(29)38)55-53-37-15-14-36(27-9-8-24(20-30(27)37)73(61,62)63)52-51-35-13-12-34(25-4-1-2-5-26(25)35)50-49-23-18-31-28(44(19-23)76(70,71)72)6-3-7-42(31)74(64,65)66/h1-22,58H,47-48H2,(H,61,62,63)(H,64,65,66)(H,67,68,69)(H,70,71,72). The second kappa shape index (κ2) is 19.3. The molecule has 0 aliphatic heterocycles. The molecule has 9 aromatic rings. The van der Waals surface area contributed by atoms with E-state index in [1.54, 1.807) is 24.3 Å². The zero-order valence-electron chi connectivity index (χ0n) is 37.8. The highest BCUT2D eigenvalue weighted by molar-refractivity contribution is 7.87. The minimum atomic E-state index is -4.94. The van der Waals surface area contributed by atoms with Crippen LogP contribution >= 0.6 is 0 Å². The van der Waals surface area contributed by atoms with Gasteiger partial charge in [0.2, 0.25) is 0 Å². The van der Waals surface area contributed by atoms with Crippen molar-refractivity contribution in [2.75, 3.05) is 11.5 Å². The van der Waals surface area contributed by atoms with E-state index in [2.05, 4.69) is 40.9 Å². The average molecular weight is 1110 g/mol. The molecule has 9 aromatic carbocycles. The third kappa shape index (κ3) is 10.2. The summed E-state index contributed by atoms with van der Waals surface area (Å²) in [6.07, 6.45) is 0. The molecule has 9 rings (SSSR count). The van der Waals surface area contributed by atoms with E-state index in [1.807, 2.05) is 0 Å². The van der Waals surface area contributed by atoms with Crippen molar-refractivity contribution >= 4 is 146 Å². The lowest BCUT2D eigenvalue weighted by atomic mass is 10.1. The Kier molecular flexibility index (Phi) is 13.1. The van der Waals surface area contributed by atoms with Crippen molar-refractivity contribution in [2.45, 2.75) is 19.6 Å². The summed E-state index contributed by atoms with van der Waals surface area (Å²) in [6.45, 7) is 0. The molecule has 0 radical (unpaired) electrons. The normalized spacial score (nSPS) is 12.9. The van der Waals surface area contributed by atoms with Crippen molar-refractivity contribution in [3.8, 4) is 5.75 Å². The van der Waals surface area contributed by atoms with Crippen molar-refractivity contribution < 1.29 is 61.9 Å².